The summed E-state index contributed by atoms with van der Waals surface area (Å²) in [5.41, 5.74) is 0. The van der Waals surface area contributed by atoms with Gasteiger partial charge in [-0.15, -0.1) is 0 Å². The maximum Gasteiger partial charge on any atom is 0.217 e. The Hall–Kier alpha value is -1.06. The average molecular weight is 177 g/mol. The van der Waals surface area contributed by atoms with E-state index >= 15 is 0 Å². The van der Waals surface area contributed by atoms with E-state index in [1.807, 2.05) is 0 Å². The molecule has 13 heavy (non-hydrogen) atoms. The predicted molar refractivity (Wildman–Crippen MR) is 50.9 cm³/mol. The third kappa shape index (κ3) is 3.44. The highest BCUT2D eigenvalue weighted by Gasteiger charge is 2.20. The normalized spacial score (nSPS) is 19.2. The SMILES string of the molecule is [C-]#[N+]CC1CCN(CCC#N)CC1. The van der Waals surface area contributed by atoms with Gasteiger partial charge in [0.2, 0.25) is 6.54 Å². The van der Waals surface area contributed by atoms with Crippen molar-refractivity contribution in [2.75, 3.05) is 26.2 Å². The van der Waals surface area contributed by atoms with E-state index in [0.717, 1.165) is 32.5 Å². The van der Waals surface area contributed by atoms with Crippen molar-refractivity contribution in [1.29, 1.82) is 5.26 Å². The number of rotatable bonds is 3. The van der Waals surface area contributed by atoms with E-state index in [1.54, 1.807) is 0 Å². The van der Waals surface area contributed by atoms with Crippen LogP contribution < -0.4 is 0 Å². The fraction of sp³-hybridized carbons (Fsp3) is 0.800. The Labute approximate surface area is 79.8 Å². The standard InChI is InChI=1S/C10H15N3/c1-12-9-10-3-7-13(8-4-10)6-2-5-11/h10H,2-4,6-9H2. The Morgan fingerprint density at radius 1 is 1.46 bits per heavy atom. The van der Waals surface area contributed by atoms with Gasteiger partial charge in [-0.1, -0.05) is 0 Å². The third-order valence-corrected chi connectivity index (χ3v) is 2.60. The first-order chi connectivity index (χ1) is 6.36. The number of nitriles is 1. The number of likely N-dealkylation sites (tertiary alicyclic amines) is 1. The largest absolute Gasteiger partial charge is 0.317 e. The van der Waals surface area contributed by atoms with Gasteiger partial charge in [-0.2, -0.15) is 5.26 Å². The second-order valence-corrected chi connectivity index (χ2v) is 3.53. The lowest BCUT2D eigenvalue weighted by Gasteiger charge is -2.28. The number of piperidine rings is 1. The fourth-order valence-electron chi connectivity index (χ4n) is 1.73. The highest BCUT2D eigenvalue weighted by atomic mass is 15.1. The summed E-state index contributed by atoms with van der Waals surface area (Å²) in [6.45, 7) is 10.5. The van der Waals surface area contributed by atoms with Crippen LogP contribution in [0.4, 0.5) is 0 Å². The van der Waals surface area contributed by atoms with Gasteiger partial charge >= 0.3 is 0 Å². The van der Waals surface area contributed by atoms with E-state index in [0.29, 0.717) is 18.9 Å². The Balaban J connectivity index is 2.16. The molecule has 1 rings (SSSR count). The molecule has 1 aliphatic heterocycles. The van der Waals surface area contributed by atoms with Crippen molar-refractivity contribution in [2.45, 2.75) is 19.3 Å². The van der Waals surface area contributed by atoms with Gasteiger partial charge in [-0.25, -0.2) is 6.57 Å². The average Bonchev–Trinajstić information content (AvgIpc) is 2.17. The third-order valence-electron chi connectivity index (χ3n) is 2.60. The van der Waals surface area contributed by atoms with Crippen LogP contribution in [-0.2, 0) is 0 Å². The zero-order valence-electron chi connectivity index (χ0n) is 7.87. The van der Waals surface area contributed by atoms with Gasteiger partial charge in [0.05, 0.1) is 6.07 Å². The summed E-state index contributed by atoms with van der Waals surface area (Å²) in [5.74, 6) is 0.607. The summed E-state index contributed by atoms with van der Waals surface area (Å²) in [6, 6.07) is 2.16. The lowest BCUT2D eigenvalue weighted by atomic mass is 9.97. The van der Waals surface area contributed by atoms with Crippen molar-refractivity contribution in [3.63, 3.8) is 0 Å². The Morgan fingerprint density at radius 2 is 2.15 bits per heavy atom. The van der Waals surface area contributed by atoms with E-state index < -0.39 is 0 Å². The molecule has 1 saturated heterocycles. The van der Waals surface area contributed by atoms with Crippen molar-refractivity contribution in [1.82, 2.24) is 4.90 Å². The number of hydrogen-bond donors (Lipinski definition) is 0. The molecule has 1 aliphatic rings. The van der Waals surface area contributed by atoms with E-state index in [-0.39, 0.29) is 0 Å². The lowest BCUT2D eigenvalue weighted by molar-refractivity contribution is 0.194. The van der Waals surface area contributed by atoms with E-state index in [9.17, 15) is 0 Å². The highest BCUT2D eigenvalue weighted by molar-refractivity contribution is 4.79. The summed E-state index contributed by atoms with van der Waals surface area (Å²) < 4.78 is 0. The summed E-state index contributed by atoms with van der Waals surface area (Å²) in [4.78, 5) is 5.75. The van der Waals surface area contributed by atoms with E-state index in [1.165, 1.54) is 0 Å². The van der Waals surface area contributed by atoms with Crippen LogP contribution in [0.15, 0.2) is 0 Å². The van der Waals surface area contributed by atoms with Crippen LogP contribution in [0.2, 0.25) is 0 Å². The molecular weight excluding hydrogens is 162 g/mol. The fourth-order valence-corrected chi connectivity index (χ4v) is 1.73. The Bertz CT molecular complexity index is 215. The minimum atomic E-state index is 0.607. The molecule has 0 aromatic carbocycles. The molecule has 0 N–H and O–H groups in total. The molecule has 0 aromatic rings. The summed E-state index contributed by atoms with van der Waals surface area (Å²) in [5, 5.41) is 8.42. The van der Waals surface area contributed by atoms with Gasteiger partial charge in [0, 0.05) is 18.9 Å². The predicted octanol–water partition coefficient (Wildman–Crippen LogP) is 1.53. The van der Waals surface area contributed by atoms with Gasteiger partial charge in [-0.3, -0.25) is 0 Å². The molecule has 1 heterocycles. The highest BCUT2D eigenvalue weighted by Crippen LogP contribution is 2.17. The maximum atomic E-state index is 8.42. The second kappa shape index (κ2) is 5.56. The molecule has 0 spiro atoms. The summed E-state index contributed by atoms with van der Waals surface area (Å²) in [7, 11) is 0. The minimum Gasteiger partial charge on any atom is -0.317 e. The van der Waals surface area contributed by atoms with Gasteiger partial charge < -0.3 is 9.74 Å². The van der Waals surface area contributed by atoms with Crippen molar-refractivity contribution in [3.8, 4) is 6.07 Å². The molecule has 0 unspecified atom stereocenters. The quantitative estimate of drug-likeness (QED) is 0.612. The van der Waals surface area contributed by atoms with Crippen LogP contribution in [-0.4, -0.2) is 31.1 Å². The topological polar surface area (TPSA) is 31.4 Å². The first kappa shape index (κ1) is 10.0. The molecule has 0 amide bonds. The second-order valence-electron chi connectivity index (χ2n) is 3.53. The molecule has 70 valence electrons. The van der Waals surface area contributed by atoms with Crippen LogP contribution in [0, 0.1) is 23.8 Å². The molecule has 0 radical (unpaired) electrons. The number of nitrogens with zero attached hydrogens (tertiary/aromatic N) is 3. The van der Waals surface area contributed by atoms with Crippen LogP contribution in [0.25, 0.3) is 4.85 Å². The van der Waals surface area contributed by atoms with E-state index in [4.69, 9.17) is 11.8 Å². The van der Waals surface area contributed by atoms with Crippen molar-refractivity contribution < 1.29 is 0 Å². The smallest absolute Gasteiger partial charge is 0.217 e. The van der Waals surface area contributed by atoms with Gasteiger partial charge in [0.25, 0.3) is 0 Å². The van der Waals surface area contributed by atoms with Gasteiger partial charge in [-0.05, 0) is 25.9 Å². The zero-order valence-corrected chi connectivity index (χ0v) is 7.87. The van der Waals surface area contributed by atoms with Crippen LogP contribution in [0.5, 0.6) is 0 Å². The van der Waals surface area contributed by atoms with Gasteiger partial charge in [0.15, 0.2) is 0 Å². The van der Waals surface area contributed by atoms with Gasteiger partial charge in [0.1, 0.15) is 0 Å². The molecular formula is C10H15N3. The minimum absolute atomic E-state index is 0.607. The molecule has 0 saturated carbocycles. The number of hydrogen-bond acceptors (Lipinski definition) is 2. The van der Waals surface area contributed by atoms with Crippen molar-refractivity contribution in [2.24, 2.45) is 5.92 Å². The Kier molecular flexibility index (Phi) is 4.29. The Morgan fingerprint density at radius 3 is 2.69 bits per heavy atom. The van der Waals surface area contributed by atoms with Crippen LogP contribution in [0.1, 0.15) is 19.3 Å². The van der Waals surface area contributed by atoms with Crippen LogP contribution >= 0.6 is 0 Å². The molecule has 0 aliphatic carbocycles. The molecule has 1 fully saturated rings. The first-order valence-corrected chi connectivity index (χ1v) is 4.79. The first-order valence-electron chi connectivity index (χ1n) is 4.79. The van der Waals surface area contributed by atoms with Crippen LogP contribution in [0.3, 0.4) is 0 Å². The molecule has 0 bridgehead atoms. The molecule has 3 nitrogen and oxygen atoms in total. The maximum absolute atomic E-state index is 8.42. The summed E-state index contributed by atoms with van der Waals surface area (Å²) in [6.07, 6.45) is 2.90. The molecule has 3 heteroatoms. The lowest BCUT2D eigenvalue weighted by Crippen LogP contribution is -2.34. The molecule has 0 aromatic heterocycles. The molecule has 0 atom stereocenters. The summed E-state index contributed by atoms with van der Waals surface area (Å²) >= 11 is 0. The zero-order chi connectivity index (χ0) is 9.52. The van der Waals surface area contributed by atoms with Crippen molar-refractivity contribution in [3.05, 3.63) is 11.4 Å². The van der Waals surface area contributed by atoms with Crippen molar-refractivity contribution >= 4 is 0 Å². The monoisotopic (exact) mass is 177 g/mol. The van der Waals surface area contributed by atoms with E-state index in [2.05, 4.69) is 15.8 Å².